The third-order valence-corrected chi connectivity index (χ3v) is 2.11. The normalized spacial score (nSPS) is 13.8. The molecule has 0 radical (unpaired) electrons. The van der Waals surface area contributed by atoms with Crippen LogP contribution in [0.3, 0.4) is 0 Å². The average molecular weight is 168 g/mol. The summed E-state index contributed by atoms with van der Waals surface area (Å²) in [6.45, 7) is 8.22. The minimum atomic E-state index is 0.311. The molecular formula is C8H16N4. The highest BCUT2D eigenvalue weighted by Crippen LogP contribution is 2.18. The standard InChI is InChI=1S/C8H16N4/c1-5(2)6(3)12-8(9)10-7(4)11-12/h5-6H,1-4H3,(H2,9,10,11). The van der Waals surface area contributed by atoms with Crippen molar-refractivity contribution in [3.05, 3.63) is 5.82 Å². The largest absolute Gasteiger partial charge is 0.368 e. The van der Waals surface area contributed by atoms with Gasteiger partial charge in [0.05, 0.1) is 6.04 Å². The highest BCUT2D eigenvalue weighted by molar-refractivity contribution is 5.16. The lowest BCUT2D eigenvalue weighted by molar-refractivity contribution is 0.378. The Labute approximate surface area is 72.8 Å². The molecule has 1 aromatic heterocycles. The van der Waals surface area contributed by atoms with E-state index in [2.05, 4.69) is 30.9 Å². The third-order valence-electron chi connectivity index (χ3n) is 2.11. The first kappa shape index (κ1) is 9.03. The molecule has 0 saturated carbocycles. The van der Waals surface area contributed by atoms with Crippen molar-refractivity contribution in [1.29, 1.82) is 0 Å². The molecule has 0 amide bonds. The molecule has 2 N–H and O–H groups in total. The second kappa shape index (κ2) is 3.13. The maximum absolute atomic E-state index is 5.67. The van der Waals surface area contributed by atoms with E-state index in [9.17, 15) is 0 Å². The summed E-state index contributed by atoms with van der Waals surface area (Å²) in [5.41, 5.74) is 5.67. The molecule has 1 atom stereocenters. The van der Waals surface area contributed by atoms with E-state index in [1.54, 1.807) is 4.68 Å². The monoisotopic (exact) mass is 168 g/mol. The van der Waals surface area contributed by atoms with Gasteiger partial charge in [0.25, 0.3) is 0 Å². The lowest BCUT2D eigenvalue weighted by Crippen LogP contribution is -2.15. The number of hydrogen-bond acceptors (Lipinski definition) is 3. The van der Waals surface area contributed by atoms with Crippen LogP contribution in [0, 0.1) is 12.8 Å². The first-order valence-electron chi connectivity index (χ1n) is 4.21. The molecule has 0 spiro atoms. The van der Waals surface area contributed by atoms with Gasteiger partial charge < -0.3 is 5.73 Å². The smallest absolute Gasteiger partial charge is 0.218 e. The molecule has 12 heavy (non-hydrogen) atoms. The van der Waals surface area contributed by atoms with Crippen LogP contribution in [0.4, 0.5) is 5.95 Å². The van der Waals surface area contributed by atoms with Crippen LogP contribution in [0.5, 0.6) is 0 Å². The van der Waals surface area contributed by atoms with E-state index in [-0.39, 0.29) is 0 Å². The second-order valence-corrected chi connectivity index (χ2v) is 3.45. The topological polar surface area (TPSA) is 56.7 Å². The van der Waals surface area contributed by atoms with Gasteiger partial charge in [-0.1, -0.05) is 13.8 Å². The molecule has 4 nitrogen and oxygen atoms in total. The van der Waals surface area contributed by atoms with Crippen molar-refractivity contribution >= 4 is 5.95 Å². The van der Waals surface area contributed by atoms with Crippen molar-refractivity contribution in [2.45, 2.75) is 33.7 Å². The van der Waals surface area contributed by atoms with E-state index in [0.29, 0.717) is 17.9 Å². The number of nitrogen functional groups attached to an aromatic ring is 1. The van der Waals surface area contributed by atoms with E-state index in [0.717, 1.165) is 5.82 Å². The summed E-state index contributed by atoms with van der Waals surface area (Å²) in [6, 6.07) is 0.311. The summed E-state index contributed by atoms with van der Waals surface area (Å²) < 4.78 is 1.78. The Hall–Kier alpha value is -1.06. The zero-order chi connectivity index (χ0) is 9.30. The SMILES string of the molecule is Cc1nc(N)n(C(C)C(C)C)n1. The first-order valence-corrected chi connectivity index (χ1v) is 4.21. The molecule has 0 saturated heterocycles. The van der Waals surface area contributed by atoms with Gasteiger partial charge in [-0.05, 0) is 19.8 Å². The van der Waals surface area contributed by atoms with Crippen LogP contribution in [0.25, 0.3) is 0 Å². The summed E-state index contributed by atoms with van der Waals surface area (Å²) in [6.07, 6.45) is 0. The van der Waals surface area contributed by atoms with Crippen molar-refractivity contribution in [2.24, 2.45) is 5.92 Å². The minimum absolute atomic E-state index is 0.311. The zero-order valence-electron chi connectivity index (χ0n) is 8.07. The molecule has 0 aliphatic carbocycles. The van der Waals surface area contributed by atoms with Crippen LogP contribution in [0.1, 0.15) is 32.6 Å². The fraction of sp³-hybridized carbons (Fsp3) is 0.750. The van der Waals surface area contributed by atoms with E-state index >= 15 is 0 Å². The van der Waals surface area contributed by atoms with Crippen LogP contribution in [0.15, 0.2) is 0 Å². The van der Waals surface area contributed by atoms with Crippen molar-refractivity contribution in [3.63, 3.8) is 0 Å². The lowest BCUT2D eigenvalue weighted by Gasteiger charge is -2.16. The van der Waals surface area contributed by atoms with Crippen molar-refractivity contribution in [1.82, 2.24) is 14.8 Å². The minimum Gasteiger partial charge on any atom is -0.368 e. The molecule has 1 aromatic rings. The Bertz CT molecular complexity index is 264. The van der Waals surface area contributed by atoms with Gasteiger partial charge in [0.2, 0.25) is 5.95 Å². The average Bonchev–Trinajstić information content (AvgIpc) is 2.28. The number of nitrogens with zero attached hydrogens (tertiary/aromatic N) is 3. The number of anilines is 1. The molecule has 1 rings (SSSR count). The van der Waals surface area contributed by atoms with Gasteiger partial charge in [-0.25, -0.2) is 4.68 Å². The highest BCUT2D eigenvalue weighted by atomic mass is 15.4. The van der Waals surface area contributed by atoms with Crippen LogP contribution >= 0.6 is 0 Å². The van der Waals surface area contributed by atoms with Gasteiger partial charge in [-0.2, -0.15) is 10.1 Å². The molecule has 0 aliphatic heterocycles. The predicted octanol–water partition coefficient (Wildman–Crippen LogP) is 1.39. The fourth-order valence-corrected chi connectivity index (χ4v) is 1.03. The van der Waals surface area contributed by atoms with Crippen molar-refractivity contribution in [3.8, 4) is 0 Å². The Balaban J connectivity index is 2.94. The van der Waals surface area contributed by atoms with Crippen molar-refractivity contribution < 1.29 is 0 Å². The van der Waals surface area contributed by atoms with Gasteiger partial charge in [0.15, 0.2) is 0 Å². The summed E-state index contributed by atoms with van der Waals surface area (Å²) >= 11 is 0. The Morgan fingerprint density at radius 2 is 1.92 bits per heavy atom. The first-order chi connectivity index (χ1) is 5.52. The fourth-order valence-electron chi connectivity index (χ4n) is 1.03. The molecule has 0 fully saturated rings. The molecule has 4 heteroatoms. The van der Waals surface area contributed by atoms with E-state index in [1.807, 2.05) is 6.92 Å². The number of nitrogens with two attached hydrogens (primary N) is 1. The zero-order valence-corrected chi connectivity index (χ0v) is 8.07. The number of hydrogen-bond donors (Lipinski definition) is 1. The highest BCUT2D eigenvalue weighted by Gasteiger charge is 2.13. The maximum atomic E-state index is 5.67. The Morgan fingerprint density at radius 3 is 2.25 bits per heavy atom. The van der Waals surface area contributed by atoms with Crippen LogP contribution in [0.2, 0.25) is 0 Å². The van der Waals surface area contributed by atoms with Gasteiger partial charge in [-0.15, -0.1) is 0 Å². The number of aryl methyl sites for hydroxylation is 1. The summed E-state index contributed by atoms with van der Waals surface area (Å²) in [5, 5.41) is 4.21. The molecule has 1 heterocycles. The molecular weight excluding hydrogens is 152 g/mol. The van der Waals surface area contributed by atoms with Crippen LogP contribution in [-0.4, -0.2) is 14.8 Å². The van der Waals surface area contributed by atoms with Crippen molar-refractivity contribution in [2.75, 3.05) is 5.73 Å². The quantitative estimate of drug-likeness (QED) is 0.726. The number of aromatic nitrogens is 3. The summed E-state index contributed by atoms with van der Waals surface area (Å²) in [5.74, 6) is 1.77. The Kier molecular flexibility index (Phi) is 2.35. The van der Waals surface area contributed by atoms with Gasteiger partial charge in [-0.3, -0.25) is 0 Å². The van der Waals surface area contributed by atoms with Gasteiger partial charge in [0, 0.05) is 0 Å². The summed E-state index contributed by atoms with van der Waals surface area (Å²) in [4.78, 5) is 4.04. The maximum Gasteiger partial charge on any atom is 0.218 e. The molecule has 0 aliphatic rings. The van der Waals surface area contributed by atoms with E-state index in [1.165, 1.54) is 0 Å². The number of rotatable bonds is 2. The third kappa shape index (κ3) is 1.57. The van der Waals surface area contributed by atoms with E-state index in [4.69, 9.17) is 5.73 Å². The van der Waals surface area contributed by atoms with Gasteiger partial charge >= 0.3 is 0 Å². The predicted molar refractivity (Wildman–Crippen MR) is 48.7 cm³/mol. The Morgan fingerprint density at radius 1 is 1.33 bits per heavy atom. The second-order valence-electron chi connectivity index (χ2n) is 3.45. The van der Waals surface area contributed by atoms with Crippen LogP contribution in [-0.2, 0) is 0 Å². The molecule has 1 unspecified atom stereocenters. The molecule has 0 aromatic carbocycles. The summed E-state index contributed by atoms with van der Waals surface area (Å²) in [7, 11) is 0. The lowest BCUT2D eigenvalue weighted by atomic mass is 10.1. The van der Waals surface area contributed by atoms with E-state index < -0.39 is 0 Å². The van der Waals surface area contributed by atoms with Gasteiger partial charge in [0.1, 0.15) is 5.82 Å². The molecule has 68 valence electrons. The molecule has 0 bridgehead atoms. The van der Waals surface area contributed by atoms with Crippen LogP contribution < -0.4 is 5.73 Å².